The molecule has 2 aliphatic heterocycles. The van der Waals surface area contributed by atoms with Gasteiger partial charge in [-0.15, -0.1) is 0 Å². The molecule has 0 spiro atoms. The minimum Gasteiger partial charge on any atom is -0.326 e. The van der Waals surface area contributed by atoms with E-state index in [1.165, 1.54) is 16.4 Å². The molecule has 2 heterocycles. The number of amides is 3. The molecular weight excluding hydrogens is 504 g/mol. The van der Waals surface area contributed by atoms with Crippen molar-refractivity contribution in [2.45, 2.75) is 24.2 Å². The number of sulfonamides is 1. The zero-order valence-corrected chi connectivity index (χ0v) is 21.5. The van der Waals surface area contributed by atoms with Crippen LogP contribution in [0.4, 0.5) is 17.1 Å². The van der Waals surface area contributed by atoms with E-state index in [0.29, 0.717) is 36.6 Å². The maximum Gasteiger partial charge on any atom is 0.255 e. The van der Waals surface area contributed by atoms with Crippen molar-refractivity contribution in [3.05, 3.63) is 84.4 Å². The highest BCUT2D eigenvalue weighted by molar-refractivity contribution is 7.89. The number of nitrogens with zero attached hydrogens (tertiary/aromatic N) is 2. The summed E-state index contributed by atoms with van der Waals surface area (Å²) in [6.45, 7) is 1.37. The number of benzene rings is 3. The Balaban J connectivity index is 1.16. The van der Waals surface area contributed by atoms with Crippen molar-refractivity contribution in [3.63, 3.8) is 0 Å². The molecule has 2 N–H and O–H groups in total. The summed E-state index contributed by atoms with van der Waals surface area (Å²) in [5, 5.41) is 5.58. The molecule has 10 heteroatoms. The summed E-state index contributed by atoms with van der Waals surface area (Å²) in [6.07, 6.45) is 1.87. The van der Waals surface area contributed by atoms with Gasteiger partial charge >= 0.3 is 0 Å². The van der Waals surface area contributed by atoms with Gasteiger partial charge in [-0.25, -0.2) is 8.42 Å². The Labute approximate surface area is 221 Å². The topological polar surface area (TPSA) is 116 Å². The molecule has 3 amide bonds. The van der Waals surface area contributed by atoms with Gasteiger partial charge in [0.2, 0.25) is 21.8 Å². The van der Waals surface area contributed by atoms with Crippen LogP contribution in [0.1, 0.15) is 29.6 Å². The van der Waals surface area contributed by atoms with Gasteiger partial charge in [-0.1, -0.05) is 18.2 Å². The Morgan fingerprint density at radius 2 is 1.39 bits per heavy atom. The third kappa shape index (κ3) is 5.46. The molecule has 3 aromatic rings. The van der Waals surface area contributed by atoms with E-state index in [1.54, 1.807) is 41.3 Å². The van der Waals surface area contributed by atoms with Gasteiger partial charge in [-0.2, -0.15) is 4.31 Å². The van der Waals surface area contributed by atoms with Gasteiger partial charge in [0.1, 0.15) is 0 Å². The molecule has 38 heavy (non-hydrogen) atoms. The molecule has 5 rings (SSSR count). The van der Waals surface area contributed by atoms with Crippen LogP contribution in [0.3, 0.4) is 0 Å². The maximum absolute atomic E-state index is 12.8. The zero-order valence-electron chi connectivity index (χ0n) is 20.7. The normalized spacial score (nSPS) is 17.9. The summed E-state index contributed by atoms with van der Waals surface area (Å²) in [4.78, 5) is 39.7. The highest BCUT2D eigenvalue weighted by Gasteiger charge is 2.35. The second kappa shape index (κ2) is 10.8. The lowest BCUT2D eigenvalue weighted by atomic mass is 10.1. The third-order valence-electron chi connectivity index (χ3n) is 6.79. The minimum atomic E-state index is -3.51. The van der Waals surface area contributed by atoms with Gasteiger partial charge in [0.25, 0.3) is 5.91 Å². The predicted octanol–water partition coefficient (Wildman–Crippen LogP) is 3.72. The van der Waals surface area contributed by atoms with E-state index in [2.05, 4.69) is 10.6 Å². The van der Waals surface area contributed by atoms with E-state index in [1.807, 2.05) is 30.3 Å². The first-order valence-corrected chi connectivity index (χ1v) is 13.9. The molecule has 2 fully saturated rings. The molecular formula is C28H28N4O5S. The van der Waals surface area contributed by atoms with E-state index in [9.17, 15) is 22.8 Å². The SMILES string of the molecule is O=C(Nc1ccc(S(=O)(=O)N2CCCC2)cc1)c1ccc(NC(=O)C2CC(=O)N(c3ccccc3)C2)cc1. The van der Waals surface area contributed by atoms with Crippen LogP contribution in [0.15, 0.2) is 83.8 Å². The van der Waals surface area contributed by atoms with Gasteiger partial charge in [-0.3, -0.25) is 14.4 Å². The van der Waals surface area contributed by atoms with Crippen LogP contribution < -0.4 is 15.5 Å². The second-order valence-corrected chi connectivity index (χ2v) is 11.3. The largest absolute Gasteiger partial charge is 0.326 e. The average Bonchev–Trinajstić information content (AvgIpc) is 3.61. The van der Waals surface area contributed by atoms with Gasteiger partial charge in [0.05, 0.1) is 10.8 Å². The molecule has 1 atom stereocenters. The smallest absolute Gasteiger partial charge is 0.255 e. The first kappa shape index (κ1) is 25.6. The highest BCUT2D eigenvalue weighted by atomic mass is 32.2. The number of carbonyl (C=O) groups excluding carboxylic acids is 3. The summed E-state index contributed by atoms with van der Waals surface area (Å²) < 4.78 is 26.8. The zero-order chi connectivity index (χ0) is 26.7. The summed E-state index contributed by atoms with van der Waals surface area (Å²) in [7, 11) is -3.51. The number of para-hydroxylation sites is 1. The number of nitrogens with one attached hydrogen (secondary N) is 2. The molecule has 0 aliphatic carbocycles. The van der Waals surface area contributed by atoms with Crippen molar-refractivity contribution in [2.24, 2.45) is 5.92 Å². The number of anilines is 3. The highest BCUT2D eigenvalue weighted by Crippen LogP contribution is 2.26. The first-order chi connectivity index (χ1) is 18.3. The lowest BCUT2D eigenvalue weighted by Crippen LogP contribution is -2.28. The maximum atomic E-state index is 12.8. The van der Waals surface area contributed by atoms with E-state index in [-0.39, 0.29) is 29.0 Å². The summed E-state index contributed by atoms with van der Waals surface area (Å²) in [5.41, 5.74) is 2.14. The van der Waals surface area contributed by atoms with Crippen molar-refractivity contribution >= 4 is 44.8 Å². The summed E-state index contributed by atoms with van der Waals surface area (Å²) >= 11 is 0. The van der Waals surface area contributed by atoms with E-state index >= 15 is 0 Å². The van der Waals surface area contributed by atoms with Crippen molar-refractivity contribution in [1.82, 2.24) is 4.31 Å². The second-order valence-electron chi connectivity index (χ2n) is 9.40. The molecule has 2 saturated heterocycles. The predicted molar refractivity (Wildman–Crippen MR) is 144 cm³/mol. The van der Waals surface area contributed by atoms with E-state index < -0.39 is 15.9 Å². The summed E-state index contributed by atoms with van der Waals surface area (Å²) in [6, 6.07) is 21.8. The molecule has 0 aromatic heterocycles. The van der Waals surface area contributed by atoms with Crippen LogP contribution >= 0.6 is 0 Å². The van der Waals surface area contributed by atoms with Crippen LogP contribution in [0.25, 0.3) is 0 Å². The summed E-state index contributed by atoms with van der Waals surface area (Å²) in [5.74, 6) is -1.18. The molecule has 2 aliphatic rings. The Bertz CT molecular complexity index is 1430. The molecule has 0 bridgehead atoms. The van der Waals surface area contributed by atoms with Crippen LogP contribution in [-0.2, 0) is 19.6 Å². The van der Waals surface area contributed by atoms with Crippen molar-refractivity contribution in [2.75, 3.05) is 35.2 Å². The Hall–Kier alpha value is -4.02. The fourth-order valence-electron chi connectivity index (χ4n) is 4.68. The lowest BCUT2D eigenvalue weighted by Gasteiger charge is -2.16. The number of carbonyl (C=O) groups is 3. The Kier molecular flexibility index (Phi) is 7.26. The van der Waals surface area contributed by atoms with Crippen molar-refractivity contribution in [1.29, 1.82) is 0 Å². The van der Waals surface area contributed by atoms with Crippen molar-refractivity contribution < 1.29 is 22.8 Å². The van der Waals surface area contributed by atoms with E-state index in [4.69, 9.17) is 0 Å². The van der Waals surface area contributed by atoms with Crippen LogP contribution in [0.5, 0.6) is 0 Å². The fourth-order valence-corrected chi connectivity index (χ4v) is 6.20. The molecule has 9 nitrogen and oxygen atoms in total. The monoisotopic (exact) mass is 532 g/mol. The number of hydrogen-bond acceptors (Lipinski definition) is 5. The minimum absolute atomic E-state index is 0.0925. The van der Waals surface area contributed by atoms with Crippen LogP contribution in [0, 0.1) is 5.92 Å². The first-order valence-electron chi connectivity index (χ1n) is 12.5. The van der Waals surface area contributed by atoms with E-state index in [0.717, 1.165) is 18.5 Å². The van der Waals surface area contributed by atoms with Gasteiger partial charge < -0.3 is 15.5 Å². The molecule has 0 radical (unpaired) electrons. The molecule has 1 unspecified atom stereocenters. The molecule has 196 valence electrons. The standard InChI is InChI=1S/C28H28N4O5S/c33-26-18-21(19-32(26)24-6-2-1-3-7-24)28(35)30-22-10-8-20(9-11-22)27(34)29-23-12-14-25(15-13-23)38(36,37)31-16-4-5-17-31/h1-3,6-15,21H,4-5,16-19H2,(H,29,34)(H,30,35). The van der Waals surface area contributed by atoms with Crippen molar-refractivity contribution in [3.8, 4) is 0 Å². The average molecular weight is 533 g/mol. The Morgan fingerprint density at radius 1 is 0.789 bits per heavy atom. The van der Waals surface area contributed by atoms with Gasteiger partial charge in [-0.05, 0) is 73.5 Å². The van der Waals surface area contributed by atoms with Crippen LogP contribution in [0.2, 0.25) is 0 Å². The quantitative estimate of drug-likeness (QED) is 0.481. The molecule has 0 saturated carbocycles. The third-order valence-corrected chi connectivity index (χ3v) is 8.71. The molecule has 3 aromatic carbocycles. The van der Waals surface area contributed by atoms with Gasteiger partial charge in [0, 0.05) is 48.7 Å². The van der Waals surface area contributed by atoms with Gasteiger partial charge in [0.15, 0.2) is 0 Å². The number of hydrogen-bond donors (Lipinski definition) is 2. The Morgan fingerprint density at radius 3 is 2.05 bits per heavy atom. The number of rotatable bonds is 7. The fraction of sp³-hybridized carbons (Fsp3) is 0.250. The lowest BCUT2D eigenvalue weighted by molar-refractivity contribution is -0.122. The van der Waals surface area contributed by atoms with Crippen LogP contribution in [-0.4, -0.2) is 50.1 Å².